The van der Waals surface area contributed by atoms with Crippen LogP contribution in [0.5, 0.6) is 5.75 Å². The first-order valence-electron chi connectivity index (χ1n) is 5.45. The molecule has 0 aromatic heterocycles. The molecule has 3 nitrogen and oxygen atoms in total. The van der Waals surface area contributed by atoms with E-state index < -0.39 is 21.8 Å². The molecule has 0 unspecified atom stereocenters. The van der Waals surface area contributed by atoms with Gasteiger partial charge in [0.05, 0.1) is 5.02 Å². The maximum Gasteiger partial charge on any atom is 0.340 e. The van der Waals surface area contributed by atoms with Gasteiger partial charge < -0.3 is 4.18 Å². The smallest absolute Gasteiger partial charge is 0.340 e. The SMILES string of the molecule is Cc1ccc(S(=O)(=O)Oc2ccc(F)c(F)c2)c(Cl)c1. The Morgan fingerprint density at radius 3 is 2.35 bits per heavy atom. The van der Waals surface area contributed by atoms with Crippen molar-refractivity contribution < 1.29 is 21.4 Å². The zero-order valence-corrected chi connectivity index (χ0v) is 11.8. The standard InChI is InChI=1S/C13H9ClF2O3S/c1-8-2-5-13(10(14)6-8)20(17,18)19-9-3-4-11(15)12(16)7-9/h2-7H,1H3. The molecule has 0 amide bonds. The Morgan fingerprint density at radius 1 is 1.05 bits per heavy atom. The highest BCUT2D eigenvalue weighted by molar-refractivity contribution is 7.87. The van der Waals surface area contributed by atoms with Crippen molar-refractivity contribution in [1.29, 1.82) is 0 Å². The third-order valence-corrected chi connectivity index (χ3v) is 4.19. The van der Waals surface area contributed by atoms with Crippen LogP contribution in [0.4, 0.5) is 8.78 Å². The minimum absolute atomic E-state index is 0.00687. The largest absolute Gasteiger partial charge is 0.379 e. The van der Waals surface area contributed by atoms with Crippen LogP contribution >= 0.6 is 11.6 Å². The summed E-state index contributed by atoms with van der Waals surface area (Å²) >= 11 is 5.84. The van der Waals surface area contributed by atoms with Crippen molar-refractivity contribution in [2.24, 2.45) is 0 Å². The molecule has 0 spiro atoms. The van der Waals surface area contributed by atoms with E-state index in [4.69, 9.17) is 15.8 Å². The molecule has 7 heteroatoms. The Balaban J connectivity index is 2.38. The first kappa shape index (κ1) is 14.7. The number of hydrogen-bond acceptors (Lipinski definition) is 3. The second-order valence-electron chi connectivity index (χ2n) is 4.05. The number of hydrogen-bond donors (Lipinski definition) is 0. The van der Waals surface area contributed by atoms with E-state index >= 15 is 0 Å². The molecule has 20 heavy (non-hydrogen) atoms. The Labute approximate surface area is 119 Å². The molecule has 0 atom stereocenters. The zero-order chi connectivity index (χ0) is 14.9. The summed E-state index contributed by atoms with van der Waals surface area (Å²) < 4.78 is 54.5. The topological polar surface area (TPSA) is 43.4 Å². The fourth-order valence-corrected chi connectivity index (χ4v) is 3.01. The monoisotopic (exact) mass is 318 g/mol. The van der Waals surface area contributed by atoms with E-state index in [2.05, 4.69) is 0 Å². The number of rotatable bonds is 3. The van der Waals surface area contributed by atoms with Gasteiger partial charge in [-0.25, -0.2) is 8.78 Å². The van der Waals surface area contributed by atoms with Gasteiger partial charge in [0.15, 0.2) is 11.6 Å². The molecule has 2 aromatic rings. The number of benzene rings is 2. The summed E-state index contributed by atoms with van der Waals surface area (Å²) in [5.41, 5.74) is 0.779. The van der Waals surface area contributed by atoms with Crippen LogP contribution in [0.1, 0.15) is 5.56 Å². The second-order valence-corrected chi connectivity index (χ2v) is 5.97. The molecule has 0 aliphatic heterocycles. The van der Waals surface area contributed by atoms with Gasteiger partial charge in [-0.15, -0.1) is 0 Å². The van der Waals surface area contributed by atoms with Crippen LogP contribution in [0, 0.1) is 18.6 Å². The van der Waals surface area contributed by atoms with E-state index in [0.717, 1.165) is 17.7 Å². The molecule has 0 saturated heterocycles. The quantitative estimate of drug-likeness (QED) is 0.811. The molecule has 0 aliphatic carbocycles. The average Bonchev–Trinajstić information content (AvgIpc) is 2.33. The van der Waals surface area contributed by atoms with Crippen LogP contribution in [0.15, 0.2) is 41.3 Å². The zero-order valence-electron chi connectivity index (χ0n) is 10.2. The molecule has 0 bridgehead atoms. The third kappa shape index (κ3) is 3.08. The minimum Gasteiger partial charge on any atom is -0.379 e. The highest BCUT2D eigenvalue weighted by atomic mass is 35.5. The normalized spacial score (nSPS) is 11.4. The highest BCUT2D eigenvalue weighted by Crippen LogP contribution is 2.26. The lowest BCUT2D eigenvalue weighted by atomic mass is 10.2. The Kier molecular flexibility index (Phi) is 3.96. The van der Waals surface area contributed by atoms with Crippen molar-refractivity contribution in [3.05, 3.63) is 58.6 Å². The fraction of sp³-hybridized carbons (Fsp3) is 0.0769. The first-order chi connectivity index (χ1) is 9.29. The maximum atomic E-state index is 13.0. The van der Waals surface area contributed by atoms with E-state index in [-0.39, 0.29) is 15.7 Å². The van der Waals surface area contributed by atoms with Crippen molar-refractivity contribution in [2.45, 2.75) is 11.8 Å². The van der Waals surface area contributed by atoms with Gasteiger partial charge in [0.1, 0.15) is 10.6 Å². The summed E-state index contributed by atoms with van der Waals surface area (Å²) in [6.45, 7) is 1.75. The molecule has 106 valence electrons. The van der Waals surface area contributed by atoms with Crippen LogP contribution in [-0.4, -0.2) is 8.42 Å². The van der Waals surface area contributed by atoms with Crippen molar-refractivity contribution in [3.8, 4) is 5.75 Å². The fourth-order valence-electron chi connectivity index (χ4n) is 1.51. The molecule has 0 saturated carbocycles. The average molecular weight is 319 g/mol. The second kappa shape index (κ2) is 5.38. The van der Waals surface area contributed by atoms with E-state index in [1.165, 1.54) is 12.1 Å². The van der Waals surface area contributed by atoms with Gasteiger partial charge >= 0.3 is 10.1 Å². The van der Waals surface area contributed by atoms with E-state index in [1.54, 1.807) is 13.0 Å². The molecule has 2 aromatic carbocycles. The Morgan fingerprint density at radius 2 is 1.75 bits per heavy atom. The predicted octanol–water partition coefficient (Wildman–Crippen LogP) is 3.69. The van der Waals surface area contributed by atoms with E-state index in [9.17, 15) is 17.2 Å². The van der Waals surface area contributed by atoms with Crippen LogP contribution in [0.2, 0.25) is 5.02 Å². The van der Waals surface area contributed by atoms with Crippen LogP contribution < -0.4 is 4.18 Å². The number of halogens is 3. The predicted molar refractivity (Wildman–Crippen MR) is 70.4 cm³/mol. The number of aryl methyl sites for hydroxylation is 1. The molecular formula is C13H9ClF2O3S. The molecule has 2 rings (SSSR count). The van der Waals surface area contributed by atoms with Gasteiger partial charge in [0.2, 0.25) is 0 Å². The van der Waals surface area contributed by atoms with E-state index in [1.807, 2.05) is 0 Å². The van der Waals surface area contributed by atoms with Crippen LogP contribution in [0.3, 0.4) is 0 Å². The van der Waals surface area contributed by atoms with Crippen LogP contribution in [0.25, 0.3) is 0 Å². The Bertz CT molecular complexity index is 760. The summed E-state index contributed by atoms with van der Waals surface area (Å²) in [6, 6.07) is 6.73. The van der Waals surface area contributed by atoms with Gasteiger partial charge in [0.25, 0.3) is 0 Å². The first-order valence-corrected chi connectivity index (χ1v) is 7.24. The lowest BCUT2D eigenvalue weighted by Crippen LogP contribution is -2.10. The molecule has 0 aliphatic rings. The lowest BCUT2D eigenvalue weighted by molar-refractivity contribution is 0.472. The molecule has 0 radical (unpaired) electrons. The van der Waals surface area contributed by atoms with Gasteiger partial charge in [-0.2, -0.15) is 8.42 Å². The van der Waals surface area contributed by atoms with Gasteiger partial charge in [0, 0.05) is 6.07 Å². The van der Waals surface area contributed by atoms with Crippen molar-refractivity contribution >= 4 is 21.7 Å². The maximum absolute atomic E-state index is 13.0. The minimum atomic E-state index is -4.21. The summed E-state index contributed by atoms with van der Waals surface area (Å²) in [5.74, 6) is -2.63. The lowest BCUT2D eigenvalue weighted by Gasteiger charge is -2.09. The molecular weight excluding hydrogens is 310 g/mol. The van der Waals surface area contributed by atoms with Crippen molar-refractivity contribution in [1.82, 2.24) is 0 Å². The summed E-state index contributed by atoms with van der Waals surface area (Å²) in [5, 5.41) is -0.00687. The summed E-state index contributed by atoms with van der Waals surface area (Å²) in [7, 11) is -4.21. The van der Waals surface area contributed by atoms with Crippen molar-refractivity contribution in [3.63, 3.8) is 0 Å². The van der Waals surface area contributed by atoms with E-state index in [0.29, 0.717) is 6.07 Å². The molecule has 0 heterocycles. The summed E-state index contributed by atoms with van der Waals surface area (Å²) in [4.78, 5) is -0.241. The van der Waals surface area contributed by atoms with Crippen LogP contribution in [-0.2, 0) is 10.1 Å². The molecule has 0 fully saturated rings. The summed E-state index contributed by atoms with van der Waals surface area (Å²) in [6.07, 6.45) is 0. The Hall–Kier alpha value is -1.66. The van der Waals surface area contributed by atoms with Gasteiger partial charge in [-0.05, 0) is 36.8 Å². The molecule has 0 N–H and O–H groups in total. The van der Waals surface area contributed by atoms with Crippen molar-refractivity contribution in [2.75, 3.05) is 0 Å². The highest BCUT2D eigenvalue weighted by Gasteiger charge is 2.21. The third-order valence-electron chi connectivity index (χ3n) is 2.45. The van der Waals surface area contributed by atoms with Gasteiger partial charge in [-0.3, -0.25) is 0 Å². The van der Waals surface area contributed by atoms with Gasteiger partial charge in [-0.1, -0.05) is 17.7 Å².